The molecule has 0 fully saturated rings. The monoisotopic (exact) mass is 310 g/mol. The van der Waals surface area contributed by atoms with Crippen LogP contribution in [0.15, 0.2) is 0 Å². The van der Waals surface area contributed by atoms with Crippen LogP contribution in [0.1, 0.15) is 99.8 Å². The maximum atomic E-state index is 12.1. The fourth-order valence-electron chi connectivity index (χ4n) is 2.54. The van der Waals surface area contributed by atoms with Gasteiger partial charge >= 0.3 is 0 Å². The number of unbranched alkanes of at least 4 members (excludes halogenated alkanes) is 9. The van der Waals surface area contributed by atoms with E-state index >= 15 is 0 Å². The number of nitrogens with zero attached hydrogens (tertiary/aromatic N) is 2. The first-order valence-electron chi connectivity index (χ1n) is 8.64. The molecule has 21 heavy (non-hydrogen) atoms. The van der Waals surface area contributed by atoms with Gasteiger partial charge in [0.15, 0.2) is 5.78 Å². The molecule has 1 aromatic rings. The number of Topliss-reactive ketones (excluding diaryl/α,β-unsaturated/α-hetero) is 1. The third kappa shape index (κ3) is 7.70. The lowest BCUT2D eigenvalue weighted by Crippen LogP contribution is -2.00. The van der Waals surface area contributed by atoms with Gasteiger partial charge in [0.2, 0.25) is 0 Å². The third-order valence-corrected chi connectivity index (χ3v) is 4.71. The molecule has 0 unspecified atom stereocenters. The quantitative estimate of drug-likeness (QED) is 0.352. The highest BCUT2D eigenvalue weighted by molar-refractivity contribution is 7.08. The Bertz CT molecular complexity index is 390. The van der Waals surface area contributed by atoms with Crippen molar-refractivity contribution in [1.29, 1.82) is 0 Å². The van der Waals surface area contributed by atoms with Gasteiger partial charge in [-0.3, -0.25) is 4.79 Å². The Balaban J connectivity index is 1.98. The minimum Gasteiger partial charge on any atom is -0.293 e. The highest BCUT2D eigenvalue weighted by atomic mass is 32.1. The van der Waals surface area contributed by atoms with Crippen LogP contribution in [-0.4, -0.2) is 15.4 Å². The maximum Gasteiger partial charge on any atom is 0.176 e. The first kappa shape index (κ1) is 18.3. The normalized spacial score (nSPS) is 11.0. The van der Waals surface area contributed by atoms with Gasteiger partial charge < -0.3 is 0 Å². The largest absolute Gasteiger partial charge is 0.293 e. The average molecular weight is 311 g/mol. The lowest BCUT2D eigenvalue weighted by molar-refractivity contribution is 0.0982. The smallest absolute Gasteiger partial charge is 0.176 e. The molecule has 0 aliphatic heterocycles. The number of aryl methyl sites for hydroxylation is 1. The molecule has 0 saturated carbocycles. The van der Waals surface area contributed by atoms with Crippen LogP contribution >= 0.6 is 11.5 Å². The van der Waals surface area contributed by atoms with Gasteiger partial charge in [-0.1, -0.05) is 76.1 Å². The summed E-state index contributed by atoms with van der Waals surface area (Å²) in [5.41, 5.74) is 0.872. The molecule has 1 aromatic heterocycles. The molecule has 0 radical (unpaired) electrons. The minimum atomic E-state index is 0.237. The SMILES string of the molecule is CCCCCCCCCCCCC(=O)c1snnc1CC. The summed E-state index contributed by atoms with van der Waals surface area (Å²) in [5.74, 6) is 0.237. The minimum absolute atomic E-state index is 0.237. The molecule has 1 heterocycles. The number of carbonyl (C=O) groups excluding carboxylic acids is 1. The molecule has 0 saturated heterocycles. The van der Waals surface area contributed by atoms with Crippen molar-refractivity contribution >= 4 is 17.3 Å². The molecule has 0 aromatic carbocycles. The molecule has 0 atom stereocenters. The molecule has 4 heteroatoms. The summed E-state index contributed by atoms with van der Waals surface area (Å²) in [6, 6.07) is 0. The molecule has 0 amide bonds. The molecule has 120 valence electrons. The first-order valence-corrected chi connectivity index (χ1v) is 9.41. The Morgan fingerprint density at radius 3 is 2.05 bits per heavy atom. The second-order valence-electron chi connectivity index (χ2n) is 5.76. The van der Waals surface area contributed by atoms with E-state index in [0.717, 1.165) is 23.4 Å². The Kier molecular flexibility index (Phi) is 10.3. The fraction of sp³-hybridized carbons (Fsp3) is 0.824. The zero-order valence-electron chi connectivity index (χ0n) is 13.7. The van der Waals surface area contributed by atoms with Gasteiger partial charge in [-0.05, 0) is 24.4 Å². The zero-order chi connectivity index (χ0) is 15.3. The van der Waals surface area contributed by atoms with Gasteiger partial charge in [-0.15, -0.1) is 5.10 Å². The molecule has 0 aliphatic rings. The van der Waals surface area contributed by atoms with Crippen LogP contribution in [0.5, 0.6) is 0 Å². The number of rotatable bonds is 13. The molecule has 0 spiro atoms. The van der Waals surface area contributed by atoms with Crippen LogP contribution in [0.4, 0.5) is 0 Å². The van der Waals surface area contributed by atoms with Crippen LogP contribution in [0.2, 0.25) is 0 Å². The average Bonchev–Trinajstić information content (AvgIpc) is 2.97. The molecule has 0 aliphatic carbocycles. The van der Waals surface area contributed by atoms with Crippen molar-refractivity contribution in [2.45, 2.75) is 90.9 Å². The van der Waals surface area contributed by atoms with E-state index in [1.165, 1.54) is 69.3 Å². The zero-order valence-corrected chi connectivity index (χ0v) is 14.5. The van der Waals surface area contributed by atoms with Crippen LogP contribution in [0, 0.1) is 0 Å². The molecule has 1 rings (SSSR count). The van der Waals surface area contributed by atoms with Crippen molar-refractivity contribution in [2.24, 2.45) is 0 Å². The molecule has 3 nitrogen and oxygen atoms in total. The summed E-state index contributed by atoms with van der Waals surface area (Å²) in [4.78, 5) is 12.8. The van der Waals surface area contributed by atoms with E-state index in [1.54, 1.807) is 0 Å². The van der Waals surface area contributed by atoms with Crippen molar-refractivity contribution < 1.29 is 4.79 Å². The Labute approximate surface area is 133 Å². The van der Waals surface area contributed by atoms with E-state index in [1.807, 2.05) is 6.92 Å². The summed E-state index contributed by atoms with van der Waals surface area (Å²) in [7, 11) is 0. The van der Waals surface area contributed by atoms with Crippen LogP contribution in [0.3, 0.4) is 0 Å². The first-order chi connectivity index (χ1) is 10.3. The predicted octanol–water partition coefficient (Wildman–Crippen LogP) is 5.59. The van der Waals surface area contributed by atoms with E-state index < -0.39 is 0 Å². The van der Waals surface area contributed by atoms with E-state index in [4.69, 9.17) is 0 Å². The summed E-state index contributed by atoms with van der Waals surface area (Å²) in [6.07, 6.45) is 14.5. The van der Waals surface area contributed by atoms with Gasteiger partial charge in [0.25, 0.3) is 0 Å². The van der Waals surface area contributed by atoms with Crippen molar-refractivity contribution in [3.05, 3.63) is 10.6 Å². The molecular formula is C17H30N2OS. The van der Waals surface area contributed by atoms with Gasteiger partial charge in [0.05, 0.1) is 5.69 Å². The topological polar surface area (TPSA) is 42.9 Å². The summed E-state index contributed by atoms with van der Waals surface area (Å²) < 4.78 is 3.88. The van der Waals surface area contributed by atoms with Crippen molar-refractivity contribution in [1.82, 2.24) is 9.59 Å². The standard InChI is InChI=1S/C17H30N2OS/c1-3-5-6-7-8-9-10-11-12-13-14-16(20)17-15(4-2)18-19-21-17/h3-14H2,1-2H3. The number of ketones is 1. The summed E-state index contributed by atoms with van der Waals surface area (Å²) >= 11 is 1.25. The Hall–Kier alpha value is -0.770. The Morgan fingerprint density at radius 1 is 0.905 bits per heavy atom. The predicted molar refractivity (Wildman–Crippen MR) is 90.1 cm³/mol. The number of hydrogen-bond donors (Lipinski definition) is 0. The lowest BCUT2D eigenvalue weighted by atomic mass is 10.0. The highest BCUT2D eigenvalue weighted by Gasteiger charge is 2.14. The second-order valence-corrected chi connectivity index (χ2v) is 6.51. The van der Waals surface area contributed by atoms with Crippen molar-refractivity contribution in [2.75, 3.05) is 0 Å². The van der Waals surface area contributed by atoms with Crippen LogP contribution in [0.25, 0.3) is 0 Å². The van der Waals surface area contributed by atoms with Gasteiger partial charge in [0, 0.05) is 6.42 Å². The molecule has 0 N–H and O–H groups in total. The van der Waals surface area contributed by atoms with E-state index in [-0.39, 0.29) is 5.78 Å². The van der Waals surface area contributed by atoms with Crippen molar-refractivity contribution in [3.63, 3.8) is 0 Å². The molecular weight excluding hydrogens is 280 g/mol. The van der Waals surface area contributed by atoms with Gasteiger partial charge in [0.1, 0.15) is 4.88 Å². The summed E-state index contributed by atoms with van der Waals surface area (Å²) in [5, 5.41) is 4.00. The van der Waals surface area contributed by atoms with E-state index in [0.29, 0.717) is 6.42 Å². The van der Waals surface area contributed by atoms with Crippen molar-refractivity contribution in [3.8, 4) is 0 Å². The highest BCUT2D eigenvalue weighted by Crippen LogP contribution is 2.16. The van der Waals surface area contributed by atoms with Gasteiger partial charge in [-0.2, -0.15) is 0 Å². The van der Waals surface area contributed by atoms with Crippen LogP contribution < -0.4 is 0 Å². The second kappa shape index (κ2) is 11.8. The fourth-order valence-corrected chi connectivity index (χ4v) is 3.25. The third-order valence-electron chi connectivity index (χ3n) is 3.90. The summed E-state index contributed by atoms with van der Waals surface area (Å²) in [6.45, 7) is 4.28. The van der Waals surface area contributed by atoms with Crippen LogP contribution in [-0.2, 0) is 6.42 Å². The molecule has 0 bridgehead atoms. The van der Waals surface area contributed by atoms with Gasteiger partial charge in [-0.25, -0.2) is 0 Å². The maximum absolute atomic E-state index is 12.1. The lowest BCUT2D eigenvalue weighted by Gasteiger charge is -2.02. The number of carbonyl (C=O) groups is 1. The van der Waals surface area contributed by atoms with E-state index in [2.05, 4.69) is 16.5 Å². The Morgan fingerprint density at radius 2 is 1.48 bits per heavy atom. The van der Waals surface area contributed by atoms with E-state index in [9.17, 15) is 4.79 Å². The number of hydrogen-bond acceptors (Lipinski definition) is 4. The number of aromatic nitrogens is 2.